The number of hydrogen-bond acceptors (Lipinski definition) is 4. The molecule has 1 aromatic carbocycles. The summed E-state index contributed by atoms with van der Waals surface area (Å²) in [7, 11) is -1.60. The second-order valence-electron chi connectivity index (χ2n) is 5.41. The Labute approximate surface area is 131 Å². The first-order valence-electron chi connectivity index (χ1n) is 7.12. The third kappa shape index (κ3) is 4.40. The predicted molar refractivity (Wildman–Crippen MR) is 85.1 cm³/mol. The Morgan fingerprint density at radius 2 is 2.19 bits per heavy atom. The minimum absolute atomic E-state index is 0.0477. The van der Waals surface area contributed by atoms with Crippen molar-refractivity contribution in [2.45, 2.75) is 30.8 Å². The first-order chi connectivity index (χ1) is 9.92. The molecular formula is C14H22ClN3O2S. The summed E-state index contributed by atoms with van der Waals surface area (Å²) in [5.74, 6) is 0. The van der Waals surface area contributed by atoms with Gasteiger partial charge in [-0.2, -0.15) is 0 Å². The van der Waals surface area contributed by atoms with Crippen molar-refractivity contribution in [2.75, 3.05) is 26.7 Å². The van der Waals surface area contributed by atoms with Gasteiger partial charge < -0.3 is 10.2 Å². The largest absolute Gasteiger partial charge is 0.313 e. The Bertz CT molecular complexity index is 592. The molecule has 0 radical (unpaired) electrons. The highest BCUT2D eigenvalue weighted by atomic mass is 35.5. The van der Waals surface area contributed by atoms with E-state index in [1.807, 2.05) is 20.0 Å². The highest BCUT2D eigenvalue weighted by Crippen LogP contribution is 2.23. The molecule has 0 saturated carbocycles. The van der Waals surface area contributed by atoms with Crippen molar-refractivity contribution >= 4 is 21.6 Å². The molecule has 0 amide bonds. The maximum Gasteiger partial charge on any atom is 0.242 e. The maximum atomic E-state index is 12.5. The SMILES string of the molecule is CCNCc1ccc(Cl)c(S(=O)(=O)NC2CCN(C)C2)c1. The molecule has 1 aromatic rings. The zero-order valence-corrected chi connectivity index (χ0v) is 14.0. The molecule has 0 aromatic heterocycles. The number of nitrogens with zero attached hydrogens (tertiary/aromatic N) is 1. The van der Waals surface area contributed by atoms with Crippen molar-refractivity contribution in [3.05, 3.63) is 28.8 Å². The quantitative estimate of drug-likeness (QED) is 0.828. The van der Waals surface area contributed by atoms with Gasteiger partial charge in [0.25, 0.3) is 0 Å². The average molecular weight is 332 g/mol. The number of halogens is 1. The fourth-order valence-corrected chi connectivity index (χ4v) is 4.26. The molecule has 0 aliphatic carbocycles. The Morgan fingerprint density at radius 3 is 2.81 bits per heavy atom. The van der Waals surface area contributed by atoms with E-state index in [-0.39, 0.29) is 16.0 Å². The number of hydrogen-bond donors (Lipinski definition) is 2. The van der Waals surface area contributed by atoms with Crippen LogP contribution in [0.5, 0.6) is 0 Å². The van der Waals surface area contributed by atoms with Crippen LogP contribution in [-0.4, -0.2) is 46.0 Å². The van der Waals surface area contributed by atoms with Crippen LogP contribution in [0.1, 0.15) is 18.9 Å². The molecule has 1 saturated heterocycles. The second-order valence-corrected chi connectivity index (χ2v) is 7.50. The fourth-order valence-electron chi connectivity index (χ4n) is 2.45. The lowest BCUT2D eigenvalue weighted by molar-refractivity contribution is 0.407. The third-order valence-electron chi connectivity index (χ3n) is 3.58. The monoisotopic (exact) mass is 331 g/mol. The van der Waals surface area contributed by atoms with E-state index >= 15 is 0 Å². The van der Waals surface area contributed by atoms with Crippen LogP contribution in [0.25, 0.3) is 0 Å². The van der Waals surface area contributed by atoms with E-state index < -0.39 is 10.0 Å². The Morgan fingerprint density at radius 1 is 1.43 bits per heavy atom. The lowest BCUT2D eigenvalue weighted by Gasteiger charge is -2.15. The lowest BCUT2D eigenvalue weighted by atomic mass is 10.2. The van der Waals surface area contributed by atoms with Crippen LogP contribution in [-0.2, 0) is 16.6 Å². The van der Waals surface area contributed by atoms with E-state index in [1.54, 1.807) is 12.1 Å². The fraction of sp³-hybridized carbons (Fsp3) is 0.571. The van der Waals surface area contributed by atoms with Gasteiger partial charge in [-0.05, 0) is 44.3 Å². The molecule has 1 heterocycles. The molecule has 7 heteroatoms. The van der Waals surface area contributed by atoms with Crippen molar-refractivity contribution in [1.82, 2.24) is 14.9 Å². The molecule has 1 atom stereocenters. The van der Waals surface area contributed by atoms with Gasteiger partial charge in [-0.15, -0.1) is 0 Å². The van der Waals surface area contributed by atoms with Gasteiger partial charge in [-0.3, -0.25) is 0 Å². The molecule has 0 bridgehead atoms. The lowest BCUT2D eigenvalue weighted by Crippen LogP contribution is -2.36. The summed E-state index contributed by atoms with van der Waals surface area (Å²) in [4.78, 5) is 2.27. The van der Waals surface area contributed by atoms with Crippen LogP contribution in [0.15, 0.2) is 23.1 Å². The van der Waals surface area contributed by atoms with Gasteiger partial charge in [0.15, 0.2) is 0 Å². The van der Waals surface area contributed by atoms with Crippen molar-refractivity contribution in [2.24, 2.45) is 0 Å². The summed E-state index contributed by atoms with van der Waals surface area (Å²) in [6.07, 6.45) is 0.824. The smallest absolute Gasteiger partial charge is 0.242 e. The summed E-state index contributed by atoms with van der Waals surface area (Å²) < 4.78 is 27.8. The number of benzene rings is 1. The highest BCUT2D eigenvalue weighted by Gasteiger charge is 2.26. The van der Waals surface area contributed by atoms with E-state index in [0.29, 0.717) is 6.54 Å². The molecule has 21 heavy (non-hydrogen) atoms. The Kier molecular flexibility index (Phi) is 5.62. The van der Waals surface area contributed by atoms with Crippen LogP contribution in [0.3, 0.4) is 0 Å². The minimum atomic E-state index is -3.58. The van der Waals surface area contributed by atoms with Crippen LogP contribution in [0.2, 0.25) is 5.02 Å². The Balaban J connectivity index is 2.18. The molecule has 2 N–H and O–H groups in total. The summed E-state index contributed by atoms with van der Waals surface area (Å²) >= 11 is 6.08. The maximum absolute atomic E-state index is 12.5. The van der Waals surface area contributed by atoms with Gasteiger partial charge in [-0.25, -0.2) is 13.1 Å². The van der Waals surface area contributed by atoms with E-state index in [2.05, 4.69) is 14.9 Å². The van der Waals surface area contributed by atoms with Gasteiger partial charge in [0.1, 0.15) is 4.90 Å². The molecule has 5 nitrogen and oxygen atoms in total. The van der Waals surface area contributed by atoms with Crippen molar-refractivity contribution in [3.63, 3.8) is 0 Å². The average Bonchev–Trinajstić information content (AvgIpc) is 2.82. The zero-order valence-electron chi connectivity index (χ0n) is 12.4. The van der Waals surface area contributed by atoms with Crippen LogP contribution < -0.4 is 10.0 Å². The molecule has 1 aliphatic heterocycles. The molecule has 1 fully saturated rings. The second kappa shape index (κ2) is 7.07. The number of rotatable bonds is 6. The first kappa shape index (κ1) is 16.7. The molecule has 1 aliphatic rings. The first-order valence-corrected chi connectivity index (χ1v) is 8.98. The minimum Gasteiger partial charge on any atom is -0.313 e. The number of likely N-dealkylation sites (N-methyl/N-ethyl adjacent to an activating group) is 1. The number of sulfonamides is 1. The molecular weight excluding hydrogens is 310 g/mol. The predicted octanol–water partition coefficient (Wildman–Crippen LogP) is 1.43. The summed E-state index contributed by atoms with van der Waals surface area (Å²) in [5.41, 5.74) is 0.908. The van der Waals surface area contributed by atoms with Gasteiger partial charge in [0.2, 0.25) is 10.0 Å². The number of nitrogens with one attached hydrogen (secondary N) is 2. The van der Waals surface area contributed by atoms with E-state index in [1.165, 1.54) is 0 Å². The summed E-state index contributed by atoms with van der Waals surface area (Å²) in [5, 5.41) is 3.44. The molecule has 0 spiro atoms. The topological polar surface area (TPSA) is 61.4 Å². The number of likely N-dealkylation sites (tertiary alicyclic amines) is 1. The summed E-state index contributed by atoms with van der Waals surface area (Å²) in [6, 6.07) is 5.08. The van der Waals surface area contributed by atoms with E-state index in [9.17, 15) is 8.42 Å². The molecule has 118 valence electrons. The standard InChI is InChI=1S/C14H22ClN3O2S/c1-3-16-9-11-4-5-13(15)14(8-11)21(19,20)17-12-6-7-18(2)10-12/h4-5,8,12,16-17H,3,6-7,9-10H2,1-2H3. The molecule has 2 rings (SSSR count). The van der Waals surface area contributed by atoms with Crippen LogP contribution in [0, 0.1) is 0 Å². The van der Waals surface area contributed by atoms with Crippen molar-refractivity contribution in [3.8, 4) is 0 Å². The van der Waals surface area contributed by atoms with Crippen molar-refractivity contribution in [1.29, 1.82) is 0 Å². The Hall–Kier alpha value is -0.660. The van der Waals surface area contributed by atoms with Crippen LogP contribution >= 0.6 is 11.6 Å². The van der Waals surface area contributed by atoms with Crippen molar-refractivity contribution < 1.29 is 8.42 Å². The normalized spacial score (nSPS) is 20.0. The van der Waals surface area contributed by atoms with Gasteiger partial charge in [0.05, 0.1) is 5.02 Å². The van der Waals surface area contributed by atoms with Gasteiger partial charge in [0, 0.05) is 19.1 Å². The zero-order chi connectivity index (χ0) is 15.5. The third-order valence-corrected chi connectivity index (χ3v) is 5.58. The van der Waals surface area contributed by atoms with Crippen LogP contribution in [0.4, 0.5) is 0 Å². The van der Waals surface area contributed by atoms with E-state index in [0.717, 1.165) is 31.6 Å². The molecule has 1 unspecified atom stereocenters. The highest BCUT2D eigenvalue weighted by molar-refractivity contribution is 7.89. The van der Waals surface area contributed by atoms with Gasteiger partial charge in [-0.1, -0.05) is 24.6 Å². The summed E-state index contributed by atoms with van der Waals surface area (Å²) in [6.45, 7) is 5.10. The van der Waals surface area contributed by atoms with E-state index in [4.69, 9.17) is 11.6 Å². The van der Waals surface area contributed by atoms with Gasteiger partial charge >= 0.3 is 0 Å².